The van der Waals surface area contributed by atoms with Gasteiger partial charge in [0.05, 0.1) is 11.6 Å². The van der Waals surface area contributed by atoms with Crippen molar-refractivity contribution in [1.82, 2.24) is 0 Å². The van der Waals surface area contributed by atoms with Crippen molar-refractivity contribution in [1.29, 1.82) is 0 Å². The van der Waals surface area contributed by atoms with Crippen LogP contribution in [0, 0.1) is 0 Å². The third-order valence-corrected chi connectivity index (χ3v) is 2.84. The minimum atomic E-state index is -0.530. The lowest BCUT2D eigenvalue weighted by atomic mass is 9.75. The Hall–Kier alpha value is -0.120. The topological polar surface area (TPSA) is 72.3 Å². The summed E-state index contributed by atoms with van der Waals surface area (Å²) in [6.45, 7) is 1.73. The third-order valence-electron chi connectivity index (χ3n) is 2.84. The first kappa shape index (κ1) is 8.97. The van der Waals surface area contributed by atoms with Crippen LogP contribution in [-0.2, 0) is 0 Å². The molecule has 3 nitrogen and oxygen atoms in total. The Kier molecular flexibility index (Phi) is 2.52. The summed E-state index contributed by atoms with van der Waals surface area (Å²) in [7, 11) is 0. The summed E-state index contributed by atoms with van der Waals surface area (Å²) in [4.78, 5) is 0. The van der Waals surface area contributed by atoms with Crippen LogP contribution < -0.4 is 11.5 Å². The second-order valence-corrected chi connectivity index (χ2v) is 3.64. The van der Waals surface area contributed by atoms with Gasteiger partial charge in [-0.2, -0.15) is 0 Å². The van der Waals surface area contributed by atoms with Crippen LogP contribution >= 0.6 is 0 Å². The number of aliphatic hydroxyl groups is 1. The number of nitrogens with two attached hydrogens (primary N) is 2. The average molecular weight is 158 g/mol. The van der Waals surface area contributed by atoms with E-state index in [-0.39, 0.29) is 6.04 Å². The van der Waals surface area contributed by atoms with Gasteiger partial charge in [-0.15, -0.1) is 0 Å². The average Bonchev–Trinajstić information content (AvgIpc) is 1.95. The van der Waals surface area contributed by atoms with Crippen LogP contribution in [0.1, 0.15) is 32.6 Å². The zero-order valence-corrected chi connectivity index (χ0v) is 7.09. The van der Waals surface area contributed by atoms with Gasteiger partial charge in [0.15, 0.2) is 0 Å². The van der Waals surface area contributed by atoms with Gasteiger partial charge in [-0.25, -0.2) is 0 Å². The van der Waals surface area contributed by atoms with E-state index in [0.29, 0.717) is 0 Å². The van der Waals surface area contributed by atoms with Gasteiger partial charge in [0.1, 0.15) is 0 Å². The standard InChI is InChI=1S/C8H18N2O/c1-6(11)8(10)5-3-2-4-7(8)9/h6-7,11H,2-5,9-10H2,1H3. The fraction of sp³-hybridized carbons (Fsp3) is 1.00. The quantitative estimate of drug-likeness (QED) is 0.501. The summed E-state index contributed by atoms with van der Waals surface area (Å²) in [5, 5.41) is 9.40. The summed E-state index contributed by atoms with van der Waals surface area (Å²) in [6.07, 6.45) is 3.55. The maximum atomic E-state index is 9.40. The van der Waals surface area contributed by atoms with E-state index in [0.717, 1.165) is 25.7 Å². The summed E-state index contributed by atoms with van der Waals surface area (Å²) in [5.41, 5.74) is 11.3. The Labute approximate surface area is 67.8 Å². The van der Waals surface area contributed by atoms with Crippen molar-refractivity contribution in [2.45, 2.75) is 50.3 Å². The lowest BCUT2D eigenvalue weighted by Gasteiger charge is -2.41. The molecule has 11 heavy (non-hydrogen) atoms. The molecule has 0 bridgehead atoms. The van der Waals surface area contributed by atoms with Crippen LogP contribution in [-0.4, -0.2) is 22.8 Å². The van der Waals surface area contributed by atoms with Crippen LogP contribution in [0.2, 0.25) is 0 Å². The lowest BCUT2D eigenvalue weighted by molar-refractivity contribution is 0.0603. The van der Waals surface area contributed by atoms with Gasteiger partial charge in [-0.05, 0) is 19.8 Å². The Morgan fingerprint density at radius 3 is 2.55 bits per heavy atom. The van der Waals surface area contributed by atoms with Crippen LogP contribution in [0.15, 0.2) is 0 Å². The highest BCUT2D eigenvalue weighted by atomic mass is 16.3. The van der Waals surface area contributed by atoms with E-state index in [1.165, 1.54) is 0 Å². The Morgan fingerprint density at radius 1 is 1.55 bits per heavy atom. The van der Waals surface area contributed by atoms with Gasteiger partial charge >= 0.3 is 0 Å². The van der Waals surface area contributed by atoms with E-state index >= 15 is 0 Å². The molecule has 0 spiro atoms. The molecule has 66 valence electrons. The fourth-order valence-corrected chi connectivity index (χ4v) is 1.77. The lowest BCUT2D eigenvalue weighted by Crippen LogP contribution is -2.63. The molecule has 3 heteroatoms. The van der Waals surface area contributed by atoms with E-state index < -0.39 is 11.6 Å². The second kappa shape index (κ2) is 3.09. The monoisotopic (exact) mass is 158 g/mol. The summed E-state index contributed by atoms with van der Waals surface area (Å²) in [5.74, 6) is 0. The maximum absolute atomic E-state index is 9.40. The third kappa shape index (κ3) is 1.55. The molecule has 3 atom stereocenters. The zero-order valence-electron chi connectivity index (χ0n) is 7.09. The molecule has 1 saturated carbocycles. The molecule has 1 fully saturated rings. The predicted molar refractivity (Wildman–Crippen MR) is 45.0 cm³/mol. The molecular formula is C8H18N2O. The van der Waals surface area contributed by atoms with Gasteiger partial charge < -0.3 is 16.6 Å². The molecule has 0 aliphatic heterocycles. The van der Waals surface area contributed by atoms with Crippen molar-refractivity contribution in [2.24, 2.45) is 11.5 Å². The first-order valence-electron chi connectivity index (χ1n) is 4.30. The summed E-state index contributed by atoms with van der Waals surface area (Å²) in [6, 6.07) is -0.0313. The molecule has 0 heterocycles. The largest absolute Gasteiger partial charge is 0.391 e. The van der Waals surface area contributed by atoms with Gasteiger partial charge in [-0.3, -0.25) is 0 Å². The summed E-state index contributed by atoms with van der Waals surface area (Å²) >= 11 is 0. The Bertz CT molecular complexity index is 138. The van der Waals surface area contributed by atoms with Crippen LogP contribution in [0.3, 0.4) is 0 Å². The van der Waals surface area contributed by atoms with E-state index in [1.54, 1.807) is 6.92 Å². The molecule has 0 aromatic rings. The van der Waals surface area contributed by atoms with Crippen molar-refractivity contribution < 1.29 is 5.11 Å². The van der Waals surface area contributed by atoms with Crippen molar-refractivity contribution in [2.75, 3.05) is 0 Å². The van der Waals surface area contributed by atoms with Crippen LogP contribution in [0.25, 0.3) is 0 Å². The van der Waals surface area contributed by atoms with Crippen LogP contribution in [0.4, 0.5) is 0 Å². The first-order chi connectivity index (χ1) is 5.07. The van der Waals surface area contributed by atoms with Gasteiger partial charge in [0.25, 0.3) is 0 Å². The van der Waals surface area contributed by atoms with Crippen LogP contribution in [0.5, 0.6) is 0 Å². The van der Waals surface area contributed by atoms with E-state index in [4.69, 9.17) is 11.5 Å². The van der Waals surface area contributed by atoms with Gasteiger partial charge in [-0.1, -0.05) is 12.8 Å². The zero-order chi connectivity index (χ0) is 8.48. The highest BCUT2D eigenvalue weighted by Gasteiger charge is 2.38. The van der Waals surface area contributed by atoms with Gasteiger partial charge in [0.2, 0.25) is 0 Å². The van der Waals surface area contributed by atoms with E-state index in [1.807, 2.05) is 0 Å². The molecule has 0 aromatic heterocycles. The molecule has 0 amide bonds. The molecule has 0 saturated heterocycles. The second-order valence-electron chi connectivity index (χ2n) is 3.64. The minimum Gasteiger partial charge on any atom is -0.391 e. The molecule has 1 aliphatic carbocycles. The Morgan fingerprint density at radius 2 is 2.18 bits per heavy atom. The van der Waals surface area contributed by atoms with Crippen molar-refractivity contribution >= 4 is 0 Å². The van der Waals surface area contributed by atoms with Crippen molar-refractivity contribution in [3.63, 3.8) is 0 Å². The van der Waals surface area contributed by atoms with E-state index in [2.05, 4.69) is 0 Å². The molecule has 1 aliphatic rings. The highest BCUT2D eigenvalue weighted by Crippen LogP contribution is 2.27. The predicted octanol–water partition coefficient (Wildman–Crippen LogP) is -0.0340. The highest BCUT2D eigenvalue weighted by molar-refractivity contribution is 5.00. The number of rotatable bonds is 1. The molecule has 0 aromatic carbocycles. The molecule has 3 unspecified atom stereocenters. The maximum Gasteiger partial charge on any atom is 0.0706 e. The minimum absolute atomic E-state index is 0.0313. The number of aliphatic hydroxyl groups excluding tert-OH is 1. The Balaban J connectivity index is 2.64. The summed E-state index contributed by atoms with van der Waals surface area (Å²) < 4.78 is 0. The van der Waals surface area contributed by atoms with Crippen molar-refractivity contribution in [3.8, 4) is 0 Å². The van der Waals surface area contributed by atoms with Gasteiger partial charge in [0, 0.05) is 6.04 Å². The molecular weight excluding hydrogens is 140 g/mol. The number of hydrogen-bond acceptors (Lipinski definition) is 3. The van der Waals surface area contributed by atoms with Crippen molar-refractivity contribution in [3.05, 3.63) is 0 Å². The first-order valence-corrected chi connectivity index (χ1v) is 4.30. The molecule has 1 rings (SSSR count). The SMILES string of the molecule is CC(O)C1(N)CCCCC1N. The number of hydrogen-bond donors (Lipinski definition) is 3. The molecule has 0 radical (unpaired) electrons. The van der Waals surface area contributed by atoms with E-state index in [9.17, 15) is 5.11 Å². The normalized spacial score (nSPS) is 42.0. The fourth-order valence-electron chi connectivity index (χ4n) is 1.77. The molecule has 5 N–H and O–H groups in total. The smallest absolute Gasteiger partial charge is 0.0706 e.